The van der Waals surface area contributed by atoms with Crippen LogP contribution in [-0.2, 0) is 16.0 Å². The van der Waals surface area contributed by atoms with Gasteiger partial charge in [-0.1, -0.05) is 24.3 Å². The van der Waals surface area contributed by atoms with Crippen LogP contribution >= 0.6 is 0 Å². The zero-order valence-corrected chi connectivity index (χ0v) is 12.9. The molecule has 1 atom stereocenters. The highest BCUT2D eigenvalue weighted by Gasteiger charge is 2.33. The molecule has 1 N–H and O–H groups in total. The van der Waals surface area contributed by atoms with Crippen molar-refractivity contribution in [2.75, 3.05) is 26.3 Å². The van der Waals surface area contributed by atoms with E-state index in [0.29, 0.717) is 19.6 Å². The van der Waals surface area contributed by atoms with Gasteiger partial charge in [0, 0.05) is 31.1 Å². The van der Waals surface area contributed by atoms with Crippen LogP contribution in [0.2, 0.25) is 0 Å². The number of ether oxygens (including phenoxy) is 1. The van der Waals surface area contributed by atoms with Gasteiger partial charge >= 0.3 is 0 Å². The standard InChI is InChI=1S/C17H24N2O2/c1-17(2)12-13-5-3-4-6-14(13)15(18-17)11-16(20)19-7-9-21-10-8-19/h3-6,15,18H,7-12H2,1-2H3. The highest BCUT2D eigenvalue weighted by atomic mass is 16.5. The van der Waals surface area contributed by atoms with E-state index in [1.165, 1.54) is 11.1 Å². The van der Waals surface area contributed by atoms with Crippen molar-refractivity contribution in [3.63, 3.8) is 0 Å². The number of carbonyl (C=O) groups excluding carboxylic acids is 1. The van der Waals surface area contributed by atoms with E-state index in [4.69, 9.17) is 4.74 Å². The smallest absolute Gasteiger partial charge is 0.224 e. The largest absolute Gasteiger partial charge is 0.378 e. The Kier molecular flexibility index (Phi) is 4.00. The molecule has 1 saturated heterocycles. The normalized spacial score (nSPS) is 24.5. The van der Waals surface area contributed by atoms with Crippen molar-refractivity contribution in [1.29, 1.82) is 0 Å². The number of rotatable bonds is 2. The highest BCUT2D eigenvalue weighted by molar-refractivity contribution is 5.77. The quantitative estimate of drug-likeness (QED) is 0.904. The third-order valence-corrected chi connectivity index (χ3v) is 4.37. The zero-order valence-electron chi connectivity index (χ0n) is 12.9. The maximum absolute atomic E-state index is 12.5. The lowest BCUT2D eigenvalue weighted by molar-refractivity contribution is -0.136. The molecule has 4 heteroatoms. The lowest BCUT2D eigenvalue weighted by atomic mass is 9.82. The zero-order chi connectivity index (χ0) is 14.9. The molecule has 21 heavy (non-hydrogen) atoms. The second-order valence-corrected chi connectivity index (χ2v) is 6.65. The Morgan fingerprint density at radius 2 is 2.05 bits per heavy atom. The molecule has 114 valence electrons. The van der Waals surface area contributed by atoms with E-state index in [9.17, 15) is 4.79 Å². The van der Waals surface area contributed by atoms with Crippen LogP contribution in [0.1, 0.15) is 37.4 Å². The molecule has 2 aliphatic heterocycles. The fraction of sp³-hybridized carbons (Fsp3) is 0.588. The van der Waals surface area contributed by atoms with Crippen LogP contribution in [0.5, 0.6) is 0 Å². The van der Waals surface area contributed by atoms with E-state index >= 15 is 0 Å². The molecule has 1 fully saturated rings. The van der Waals surface area contributed by atoms with Crippen molar-refractivity contribution >= 4 is 5.91 Å². The molecule has 3 rings (SSSR count). The molecule has 0 aromatic heterocycles. The lowest BCUT2D eigenvalue weighted by Gasteiger charge is -2.39. The van der Waals surface area contributed by atoms with Crippen molar-refractivity contribution in [3.8, 4) is 0 Å². The van der Waals surface area contributed by atoms with Gasteiger partial charge in [-0.15, -0.1) is 0 Å². The fourth-order valence-electron chi connectivity index (χ4n) is 3.39. The van der Waals surface area contributed by atoms with E-state index in [1.54, 1.807) is 0 Å². The number of morpholine rings is 1. The summed E-state index contributed by atoms with van der Waals surface area (Å²) in [4.78, 5) is 14.4. The topological polar surface area (TPSA) is 41.6 Å². The average molecular weight is 288 g/mol. The molecule has 0 radical (unpaired) electrons. The van der Waals surface area contributed by atoms with Crippen LogP contribution in [0, 0.1) is 0 Å². The maximum Gasteiger partial charge on any atom is 0.224 e. The summed E-state index contributed by atoms with van der Waals surface area (Å²) in [5, 5.41) is 3.64. The average Bonchev–Trinajstić information content (AvgIpc) is 2.47. The Bertz CT molecular complexity index is 521. The van der Waals surface area contributed by atoms with E-state index in [1.807, 2.05) is 4.90 Å². The molecule has 1 amide bonds. The molecule has 0 saturated carbocycles. The molecule has 0 aliphatic carbocycles. The summed E-state index contributed by atoms with van der Waals surface area (Å²) in [5.41, 5.74) is 2.67. The van der Waals surface area contributed by atoms with Gasteiger partial charge < -0.3 is 15.0 Å². The van der Waals surface area contributed by atoms with Gasteiger partial charge in [0.15, 0.2) is 0 Å². The molecule has 1 aromatic rings. The van der Waals surface area contributed by atoms with Crippen molar-refractivity contribution in [2.24, 2.45) is 0 Å². The first-order valence-electron chi connectivity index (χ1n) is 7.76. The van der Waals surface area contributed by atoms with Crippen molar-refractivity contribution in [3.05, 3.63) is 35.4 Å². The van der Waals surface area contributed by atoms with Gasteiger partial charge in [0.2, 0.25) is 5.91 Å². The third-order valence-electron chi connectivity index (χ3n) is 4.37. The molecule has 1 unspecified atom stereocenters. The number of amides is 1. The molecular weight excluding hydrogens is 264 g/mol. The number of hydrogen-bond acceptors (Lipinski definition) is 3. The fourth-order valence-corrected chi connectivity index (χ4v) is 3.39. The predicted molar refractivity (Wildman–Crippen MR) is 82.1 cm³/mol. The van der Waals surface area contributed by atoms with Crippen molar-refractivity contribution in [1.82, 2.24) is 10.2 Å². The summed E-state index contributed by atoms with van der Waals surface area (Å²) in [5.74, 6) is 0.225. The lowest BCUT2D eigenvalue weighted by Crippen LogP contribution is -2.49. The minimum absolute atomic E-state index is 0.0321. The van der Waals surface area contributed by atoms with Gasteiger partial charge in [-0.25, -0.2) is 0 Å². The molecule has 4 nitrogen and oxygen atoms in total. The summed E-state index contributed by atoms with van der Waals surface area (Å²) in [6, 6.07) is 8.59. The first-order chi connectivity index (χ1) is 10.1. The predicted octanol–water partition coefficient (Wildman–Crippen LogP) is 1.90. The van der Waals surface area contributed by atoms with Gasteiger partial charge in [0.05, 0.1) is 13.2 Å². The minimum atomic E-state index is 0.0321. The van der Waals surface area contributed by atoms with Gasteiger partial charge in [0.1, 0.15) is 0 Å². The van der Waals surface area contributed by atoms with Crippen LogP contribution in [0.25, 0.3) is 0 Å². The summed E-state index contributed by atoms with van der Waals surface area (Å²) >= 11 is 0. The second kappa shape index (κ2) is 5.78. The Morgan fingerprint density at radius 1 is 1.33 bits per heavy atom. The Hall–Kier alpha value is -1.39. The minimum Gasteiger partial charge on any atom is -0.378 e. The maximum atomic E-state index is 12.5. The highest BCUT2D eigenvalue weighted by Crippen LogP contribution is 2.32. The van der Waals surface area contributed by atoms with Crippen LogP contribution in [0.15, 0.2) is 24.3 Å². The summed E-state index contributed by atoms with van der Waals surface area (Å²) in [7, 11) is 0. The van der Waals surface area contributed by atoms with Crippen molar-refractivity contribution < 1.29 is 9.53 Å². The van der Waals surface area contributed by atoms with Crippen molar-refractivity contribution in [2.45, 2.75) is 38.3 Å². The Balaban J connectivity index is 1.76. The van der Waals surface area contributed by atoms with Gasteiger partial charge in [0.25, 0.3) is 0 Å². The Morgan fingerprint density at radius 3 is 2.81 bits per heavy atom. The number of nitrogens with one attached hydrogen (secondary N) is 1. The number of hydrogen-bond donors (Lipinski definition) is 1. The SMILES string of the molecule is CC1(C)Cc2ccccc2C(CC(=O)N2CCOCC2)N1. The summed E-state index contributed by atoms with van der Waals surface area (Å²) in [6.45, 7) is 7.16. The van der Waals surface area contributed by atoms with Gasteiger partial charge in [-0.3, -0.25) is 4.79 Å². The Labute approximate surface area is 126 Å². The third kappa shape index (κ3) is 3.27. The summed E-state index contributed by atoms with van der Waals surface area (Å²) < 4.78 is 5.32. The molecular formula is C17H24N2O2. The molecule has 0 spiro atoms. The van der Waals surface area contributed by atoms with E-state index < -0.39 is 0 Å². The number of fused-ring (bicyclic) bond motifs is 1. The molecule has 0 bridgehead atoms. The van der Waals surface area contributed by atoms with E-state index in [0.717, 1.165) is 19.5 Å². The van der Waals surface area contributed by atoms with Crippen LogP contribution < -0.4 is 5.32 Å². The van der Waals surface area contributed by atoms with Crippen LogP contribution in [0.3, 0.4) is 0 Å². The van der Waals surface area contributed by atoms with Crippen LogP contribution in [0.4, 0.5) is 0 Å². The number of carbonyl (C=O) groups is 1. The van der Waals surface area contributed by atoms with Gasteiger partial charge in [-0.05, 0) is 31.4 Å². The van der Waals surface area contributed by atoms with E-state index in [-0.39, 0.29) is 17.5 Å². The molecule has 1 aromatic carbocycles. The van der Waals surface area contributed by atoms with Gasteiger partial charge in [-0.2, -0.15) is 0 Å². The second-order valence-electron chi connectivity index (χ2n) is 6.65. The first kappa shape index (κ1) is 14.5. The molecule has 2 heterocycles. The molecule has 2 aliphatic rings. The van der Waals surface area contributed by atoms with E-state index in [2.05, 4.69) is 43.4 Å². The number of benzene rings is 1. The first-order valence-corrected chi connectivity index (χ1v) is 7.76. The monoisotopic (exact) mass is 288 g/mol. The van der Waals surface area contributed by atoms with Crippen LogP contribution in [-0.4, -0.2) is 42.6 Å². The number of nitrogens with zero attached hydrogens (tertiary/aromatic N) is 1. The summed E-state index contributed by atoms with van der Waals surface area (Å²) in [6.07, 6.45) is 1.53.